The molecule has 1 aromatic rings. The summed E-state index contributed by atoms with van der Waals surface area (Å²) >= 11 is 5.55. The Morgan fingerprint density at radius 3 is 2.63 bits per heavy atom. The summed E-state index contributed by atoms with van der Waals surface area (Å²) in [5, 5.41) is 21.6. The van der Waals surface area contributed by atoms with Gasteiger partial charge in [0.15, 0.2) is 0 Å². The van der Waals surface area contributed by atoms with Gasteiger partial charge in [-0.3, -0.25) is 4.79 Å². The van der Waals surface area contributed by atoms with E-state index in [1.54, 1.807) is 6.92 Å². The molecule has 6 nitrogen and oxygen atoms in total. The Balaban J connectivity index is 2.20. The molecule has 1 aliphatic rings. The van der Waals surface area contributed by atoms with E-state index in [0.29, 0.717) is 6.42 Å². The lowest BCUT2D eigenvalue weighted by atomic mass is 9.74. The van der Waals surface area contributed by atoms with E-state index in [4.69, 9.17) is 11.6 Å². The van der Waals surface area contributed by atoms with Crippen molar-refractivity contribution < 1.29 is 33.0 Å². The lowest BCUT2D eigenvalue weighted by molar-refractivity contribution is -0.162. The molecule has 1 fully saturated rings. The topological polar surface area (TPSA) is 89.9 Å². The Labute approximate surface area is 158 Å². The Bertz CT molecular complexity index is 729. The molecule has 2 atom stereocenters. The first kappa shape index (κ1) is 21.3. The normalized spacial score (nSPS) is 23.2. The first-order valence-electron chi connectivity index (χ1n) is 8.35. The molecule has 2 amide bonds. The highest BCUT2D eigenvalue weighted by Crippen LogP contribution is 2.37. The Hall–Kier alpha value is -2.00. The van der Waals surface area contributed by atoms with E-state index in [-0.39, 0.29) is 31.6 Å². The number of carbonyl (C=O) groups is 2. The minimum absolute atomic E-state index is 0.0636. The third kappa shape index (κ3) is 4.47. The highest BCUT2D eigenvalue weighted by atomic mass is 35.5. The Kier molecular flexibility index (Phi) is 6.26. The number of carbonyl (C=O) groups excluding carboxylic acids is 1. The zero-order valence-electron chi connectivity index (χ0n) is 14.5. The van der Waals surface area contributed by atoms with Crippen molar-refractivity contribution in [2.24, 2.45) is 5.41 Å². The van der Waals surface area contributed by atoms with E-state index in [1.165, 1.54) is 11.0 Å². The summed E-state index contributed by atoms with van der Waals surface area (Å²) in [6.45, 7) is 1.62. The fraction of sp³-hybridized carbons (Fsp3) is 0.529. The molecule has 1 heterocycles. The summed E-state index contributed by atoms with van der Waals surface area (Å²) in [4.78, 5) is 25.4. The first-order chi connectivity index (χ1) is 12.5. The quantitative estimate of drug-likeness (QED) is 0.706. The highest BCUT2D eigenvalue weighted by molar-refractivity contribution is 6.31. The van der Waals surface area contributed by atoms with Gasteiger partial charge in [-0.05, 0) is 31.0 Å². The number of halogens is 4. The van der Waals surface area contributed by atoms with Crippen LogP contribution in [0.15, 0.2) is 18.2 Å². The zero-order chi connectivity index (χ0) is 20.4. The molecule has 2 rings (SSSR count). The lowest BCUT2D eigenvalue weighted by Crippen LogP contribution is -2.57. The molecule has 0 radical (unpaired) electrons. The third-order valence-corrected chi connectivity index (χ3v) is 5.05. The van der Waals surface area contributed by atoms with Crippen molar-refractivity contribution in [3.05, 3.63) is 28.8 Å². The van der Waals surface area contributed by atoms with Gasteiger partial charge in [0.2, 0.25) is 0 Å². The summed E-state index contributed by atoms with van der Waals surface area (Å²) in [5.41, 5.74) is -2.69. The minimum Gasteiger partial charge on any atom is -0.481 e. The number of anilines is 1. The fourth-order valence-corrected chi connectivity index (χ4v) is 3.51. The molecule has 0 spiro atoms. The number of amides is 2. The fourth-order valence-electron chi connectivity index (χ4n) is 3.28. The van der Waals surface area contributed by atoms with Crippen molar-refractivity contribution in [3.8, 4) is 0 Å². The number of nitrogens with one attached hydrogen (secondary N) is 1. The maximum atomic E-state index is 12.9. The van der Waals surface area contributed by atoms with E-state index in [2.05, 4.69) is 5.32 Å². The number of urea groups is 1. The molecule has 1 aromatic carbocycles. The van der Waals surface area contributed by atoms with E-state index >= 15 is 0 Å². The van der Waals surface area contributed by atoms with Gasteiger partial charge in [-0.2, -0.15) is 13.2 Å². The summed E-state index contributed by atoms with van der Waals surface area (Å²) in [6.07, 6.45) is -5.05. The number of hydrogen-bond donors (Lipinski definition) is 3. The number of rotatable bonds is 4. The van der Waals surface area contributed by atoms with Crippen LogP contribution in [0.25, 0.3) is 0 Å². The molecule has 150 valence electrons. The zero-order valence-corrected chi connectivity index (χ0v) is 15.3. The van der Waals surface area contributed by atoms with Gasteiger partial charge in [-0.25, -0.2) is 4.79 Å². The number of aliphatic carboxylic acids is 1. The van der Waals surface area contributed by atoms with Crippen LogP contribution < -0.4 is 5.32 Å². The van der Waals surface area contributed by atoms with Crippen LogP contribution in [0.3, 0.4) is 0 Å². The molecular formula is C17H20ClF3N2O4. The van der Waals surface area contributed by atoms with Crippen LogP contribution in [0.5, 0.6) is 0 Å². The largest absolute Gasteiger partial charge is 0.481 e. The second-order valence-corrected chi connectivity index (χ2v) is 6.97. The molecule has 1 aliphatic heterocycles. The molecule has 27 heavy (non-hydrogen) atoms. The number of carboxylic acids is 1. The predicted octanol–water partition coefficient (Wildman–Crippen LogP) is 3.83. The summed E-state index contributed by atoms with van der Waals surface area (Å²) < 4.78 is 38.8. The van der Waals surface area contributed by atoms with Gasteiger partial charge in [0, 0.05) is 18.8 Å². The van der Waals surface area contributed by atoms with Crippen LogP contribution in [0, 0.1) is 5.41 Å². The smallest absolute Gasteiger partial charge is 0.417 e. The van der Waals surface area contributed by atoms with Crippen LogP contribution in [0.4, 0.5) is 23.7 Å². The molecule has 1 saturated heterocycles. The predicted molar refractivity (Wildman–Crippen MR) is 92.6 cm³/mol. The van der Waals surface area contributed by atoms with Gasteiger partial charge in [0.1, 0.15) is 5.41 Å². The molecule has 0 aliphatic carbocycles. The standard InChI is InChI=1S/C17H20ClF3N2O4/c1-2-6-16(14(25)26)9-23(7-5-13(16)24)15(27)22-10-3-4-12(18)11(8-10)17(19,20)21/h3-4,8,13,24H,2,5-7,9H2,1H3,(H,22,27)(H,25,26)/t13-,16-/m1/s1. The molecular weight excluding hydrogens is 389 g/mol. The maximum absolute atomic E-state index is 12.9. The number of carboxylic acid groups (broad SMARTS) is 1. The van der Waals surface area contributed by atoms with Gasteiger partial charge in [-0.1, -0.05) is 24.9 Å². The number of piperidine rings is 1. The summed E-state index contributed by atoms with van der Waals surface area (Å²) in [6, 6.07) is 2.23. The Morgan fingerprint density at radius 2 is 2.07 bits per heavy atom. The van der Waals surface area contributed by atoms with Crippen LogP contribution in [-0.2, 0) is 11.0 Å². The van der Waals surface area contributed by atoms with Crippen LogP contribution in [0.2, 0.25) is 5.02 Å². The van der Waals surface area contributed by atoms with Gasteiger partial charge < -0.3 is 20.4 Å². The van der Waals surface area contributed by atoms with E-state index in [9.17, 15) is 33.0 Å². The highest BCUT2D eigenvalue weighted by Gasteiger charge is 2.49. The molecule has 0 bridgehead atoms. The van der Waals surface area contributed by atoms with Crippen molar-refractivity contribution in [3.63, 3.8) is 0 Å². The molecule has 3 N–H and O–H groups in total. The number of hydrogen-bond acceptors (Lipinski definition) is 3. The van der Waals surface area contributed by atoms with Crippen LogP contribution in [0.1, 0.15) is 31.7 Å². The number of benzene rings is 1. The molecule has 0 aromatic heterocycles. The van der Waals surface area contributed by atoms with E-state index < -0.39 is 40.3 Å². The van der Waals surface area contributed by atoms with Crippen molar-refractivity contribution in [1.29, 1.82) is 0 Å². The van der Waals surface area contributed by atoms with Crippen LogP contribution in [-0.4, -0.2) is 46.3 Å². The van der Waals surface area contributed by atoms with Crippen LogP contribution >= 0.6 is 11.6 Å². The number of alkyl halides is 3. The van der Waals surface area contributed by atoms with Gasteiger partial charge in [0.05, 0.1) is 16.7 Å². The van der Waals surface area contributed by atoms with Crippen molar-refractivity contribution in [1.82, 2.24) is 4.90 Å². The molecule has 0 saturated carbocycles. The number of aliphatic hydroxyl groups is 1. The minimum atomic E-state index is -4.67. The first-order valence-corrected chi connectivity index (χ1v) is 8.73. The molecule has 10 heteroatoms. The molecule has 0 unspecified atom stereocenters. The van der Waals surface area contributed by atoms with Gasteiger partial charge >= 0.3 is 18.2 Å². The third-order valence-electron chi connectivity index (χ3n) is 4.72. The SMILES string of the molecule is CCC[C@@]1(C(=O)O)CN(C(=O)Nc2ccc(Cl)c(C(F)(F)F)c2)CC[C@H]1O. The second-order valence-electron chi connectivity index (χ2n) is 6.56. The van der Waals surface area contributed by atoms with Crippen molar-refractivity contribution in [2.45, 2.75) is 38.5 Å². The van der Waals surface area contributed by atoms with Crippen molar-refractivity contribution in [2.75, 3.05) is 18.4 Å². The second kappa shape index (κ2) is 7.93. The van der Waals surface area contributed by atoms with Gasteiger partial charge in [0.25, 0.3) is 0 Å². The summed E-state index contributed by atoms with van der Waals surface area (Å²) in [7, 11) is 0. The lowest BCUT2D eigenvalue weighted by Gasteiger charge is -2.43. The number of nitrogens with zero attached hydrogens (tertiary/aromatic N) is 1. The van der Waals surface area contributed by atoms with E-state index in [0.717, 1.165) is 12.1 Å². The van der Waals surface area contributed by atoms with E-state index in [1.807, 2.05) is 0 Å². The number of likely N-dealkylation sites (tertiary alicyclic amines) is 1. The average Bonchev–Trinajstić information content (AvgIpc) is 2.57. The monoisotopic (exact) mass is 408 g/mol. The van der Waals surface area contributed by atoms with Gasteiger partial charge in [-0.15, -0.1) is 0 Å². The number of aliphatic hydroxyl groups excluding tert-OH is 1. The Morgan fingerprint density at radius 1 is 1.41 bits per heavy atom. The van der Waals surface area contributed by atoms with Crippen molar-refractivity contribution >= 4 is 29.3 Å². The average molecular weight is 409 g/mol. The maximum Gasteiger partial charge on any atom is 0.417 e. The summed E-state index contributed by atoms with van der Waals surface area (Å²) in [5.74, 6) is -1.21.